The lowest BCUT2D eigenvalue weighted by Gasteiger charge is -2.09. The van der Waals surface area contributed by atoms with Crippen LogP contribution in [0.1, 0.15) is 11.1 Å². The van der Waals surface area contributed by atoms with E-state index in [4.69, 9.17) is 27.9 Å². The average molecular weight is 287 g/mol. The number of nitrogens with zero attached hydrogens (tertiary/aromatic N) is 2. The lowest BCUT2D eigenvalue weighted by atomic mass is 10.2. The molecule has 0 unspecified atom stereocenters. The number of rotatable bonds is 2. The van der Waals surface area contributed by atoms with Crippen molar-refractivity contribution in [1.82, 2.24) is 10.2 Å². The third-order valence-electron chi connectivity index (χ3n) is 2.53. The SMILES string of the molecule is Cc1c(Cl)nnc(Oc2ccc(Cl)c(F)c2)c1C. The summed E-state index contributed by atoms with van der Waals surface area (Å²) >= 11 is 11.4. The molecule has 0 bridgehead atoms. The smallest absolute Gasteiger partial charge is 0.242 e. The van der Waals surface area contributed by atoms with E-state index in [9.17, 15) is 4.39 Å². The molecular formula is C12H9Cl2FN2O. The second-order valence-electron chi connectivity index (χ2n) is 3.72. The highest BCUT2D eigenvalue weighted by Crippen LogP contribution is 2.28. The molecule has 6 heteroatoms. The van der Waals surface area contributed by atoms with Crippen LogP contribution in [-0.2, 0) is 0 Å². The number of halogens is 3. The molecule has 18 heavy (non-hydrogen) atoms. The van der Waals surface area contributed by atoms with E-state index < -0.39 is 5.82 Å². The first-order chi connectivity index (χ1) is 8.49. The van der Waals surface area contributed by atoms with Gasteiger partial charge in [-0.3, -0.25) is 0 Å². The lowest BCUT2D eigenvalue weighted by Crippen LogP contribution is -1.97. The number of benzene rings is 1. The van der Waals surface area contributed by atoms with E-state index in [0.717, 1.165) is 11.1 Å². The zero-order chi connectivity index (χ0) is 13.3. The van der Waals surface area contributed by atoms with Crippen molar-refractivity contribution in [3.05, 3.63) is 45.3 Å². The lowest BCUT2D eigenvalue weighted by molar-refractivity contribution is 0.446. The van der Waals surface area contributed by atoms with Crippen LogP contribution >= 0.6 is 23.2 Å². The first-order valence-electron chi connectivity index (χ1n) is 5.11. The van der Waals surface area contributed by atoms with Gasteiger partial charge < -0.3 is 4.74 Å². The molecule has 2 rings (SSSR count). The van der Waals surface area contributed by atoms with E-state index in [-0.39, 0.29) is 5.02 Å². The van der Waals surface area contributed by atoms with Crippen LogP contribution in [0.15, 0.2) is 18.2 Å². The molecule has 0 amide bonds. The predicted molar refractivity (Wildman–Crippen MR) is 68.0 cm³/mol. The summed E-state index contributed by atoms with van der Waals surface area (Å²) in [5.41, 5.74) is 1.53. The first kappa shape index (κ1) is 13.1. The van der Waals surface area contributed by atoms with Crippen molar-refractivity contribution in [1.29, 1.82) is 0 Å². The molecule has 0 fully saturated rings. The zero-order valence-electron chi connectivity index (χ0n) is 9.67. The molecular weight excluding hydrogens is 278 g/mol. The van der Waals surface area contributed by atoms with Crippen LogP contribution < -0.4 is 4.74 Å². The van der Waals surface area contributed by atoms with Gasteiger partial charge in [0.1, 0.15) is 11.6 Å². The molecule has 0 radical (unpaired) electrons. The molecule has 0 spiro atoms. The standard InChI is InChI=1S/C12H9Cl2FN2O/c1-6-7(2)12(17-16-11(6)14)18-8-3-4-9(13)10(15)5-8/h3-5H,1-2H3. The zero-order valence-corrected chi connectivity index (χ0v) is 11.2. The van der Waals surface area contributed by atoms with Crippen LogP contribution in [0.3, 0.4) is 0 Å². The van der Waals surface area contributed by atoms with Crippen molar-refractivity contribution in [3.63, 3.8) is 0 Å². The average Bonchev–Trinajstić information content (AvgIpc) is 2.34. The minimum atomic E-state index is -0.550. The molecule has 2 aromatic rings. The van der Waals surface area contributed by atoms with Crippen LogP contribution in [-0.4, -0.2) is 10.2 Å². The summed E-state index contributed by atoms with van der Waals surface area (Å²) in [4.78, 5) is 0. The van der Waals surface area contributed by atoms with Gasteiger partial charge in [-0.05, 0) is 31.5 Å². The molecule has 0 aliphatic rings. The Bertz CT molecular complexity index is 605. The Hall–Kier alpha value is -1.39. The van der Waals surface area contributed by atoms with Gasteiger partial charge in [0.2, 0.25) is 5.88 Å². The summed E-state index contributed by atoms with van der Waals surface area (Å²) in [6.45, 7) is 3.61. The molecule has 0 saturated carbocycles. The second-order valence-corrected chi connectivity index (χ2v) is 4.49. The number of ether oxygens (including phenoxy) is 1. The Kier molecular flexibility index (Phi) is 3.68. The third-order valence-corrected chi connectivity index (χ3v) is 3.19. The van der Waals surface area contributed by atoms with E-state index in [0.29, 0.717) is 16.8 Å². The Balaban J connectivity index is 2.34. The van der Waals surface area contributed by atoms with Gasteiger partial charge in [-0.15, -0.1) is 10.2 Å². The summed E-state index contributed by atoms with van der Waals surface area (Å²) in [6.07, 6.45) is 0. The van der Waals surface area contributed by atoms with Crippen LogP contribution in [0.5, 0.6) is 11.6 Å². The van der Waals surface area contributed by atoms with Gasteiger partial charge >= 0.3 is 0 Å². The quantitative estimate of drug-likeness (QED) is 0.824. The predicted octanol–water partition coefficient (Wildman–Crippen LogP) is 4.33. The maximum atomic E-state index is 13.3. The van der Waals surface area contributed by atoms with Gasteiger partial charge in [-0.25, -0.2) is 4.39 Å². The van der Waals surface area contributed by atoms with Crippen LogP contribution in [0, 0.1) is 19.7 Å². The monoisotopic (exact) mass is 286 g/mol. The van der Waals surface area contributed by atoms with Crippen LogP contribution in [0.4, 0.5) is 4.39 Å². The third kappa shape index (κ3) is 2.54. The molecule has 1 aromatic carbocycles. The van der Waals surface area contributed by atoms with Crippen molar-refractivity contribution in [2.24, 2.45) is 0 Å². The van der Waals surface area contributed by atoms with Gasteiger partial charge in [-0.1, -0.05) is 23.2 Å². The number of hydrogen-bond donors (Lipinski definition) is 0. The van der Waals surface area contributed by atoms with E-state index in [2.05, 4.69) is 10.2 Å². The number of hydrogen-bond acceptors (Lipinski definition) is 3. The molecule has 3 nitrogen and oxygen atoms in total. The fraction of sp³-hybridized carbons (Fsp3) is 0.167. The molecule has 1 aromatic heterocycles. The Morgan fingerprint density at radius 1 is 1.11 bits per heavy atom. The molecule has 0 aliphatic carbocycles. The van der Waals surface area contributed by atoms with E-state index in [1.807, 2.05) is 6.92 Å². The Morgan fingerprint density at radius 3 is 2.50 bits per heavy atom. The largest absolute Gasteiger partial charge is 0.437 e. The van der Waals surface area contributed by atoms with Gasteiger partial charge in [0.25, 0.3) is 0 Å². The summed E-state index contributed by atoms with van der Waals surface area (Å²) in [7, 11) is 0. The fourth-order valence-electron chi connectivity index (χ4n) is 1.30. The maximum absolute atomic E-state index is 13.3. The highest BCUT2D eigenvalue weighted by Gasteiger charge is 2.11. The molecule has 0 atom stereocenters. The highest BCUT2D eigenvalue weighted by atomic mass is 35.5. The van der Waals surface area contributed by atoms with E-state index in [1.165, 1.54) is 12.1 Å². The second kappa shape index (κ2) is 5.08. The topological polar surface area (TPSA) is 35.0 Å². The molecule has 0 saturated heterocycles. The minimum Gasteiger partial charge on any atom is -0.437 e. The molecule has 94 valence electrons. The van der Waals surface area contributed by atoms with Crippen molar-refractivity contribution in [2.45, 2.75) is 13.8 Å². The minimum absolute atomic E-state index is 0.0393. The first-order valence-corrected chi connectivity index (χ1v) is 5.87. The Labute approximate surface area is 114 Å². The molecule has 1 heterocycles. The van der Waals surface area contributed by atoms with Gasteiger partial charge in [-0.2, -0.15) is 0 Å². The summed E-state index contributed by atoms with van der Waals surface area (Å²) in [5, 5.41) is 7.93. The highest BCUT2D eigenvalue weighted by molar-refractivity contribution is 6.30. The molecule has 0 N–H and O–H groups in total. The van der Waals surface area contributed by atoms with Crippen LogP contribution in [0.25, 0.3) is 0 Å². The van der Waals surface area contributed by atoms with Gasteiger partial charge in [0.15, 0.2) is 5.15 Å². The van der Waals surface area contributed by atoms with Crippen LogP contribution in [0.2, 0.25) is 10.2 Å². The summed E-state index contributed by atoms with van der Waals surface area (Å²) < 4.78 is 18.7. The van der Waals surface area contributed by atoms with Gasteiger partial charge in [0, 0.05) is 11.6 Å². The van der Waals surface area contributed by atoms with E-state index >= 15 is 0 Å². The normalized spacial score (nSPS) is 10.5. The fourth-order valence-corrected chi connectivity index (χ4v) is 1.60. The summed E-state index contributed by atoms with van der Waals surface area (Å²) in [6, 6.07) is 4.15. The summed E-state index contributed by atoms with van der Waals surface area (Å²) in [5.74, 6) is 0.0418. The Morgan fingerprint density at radius 2 is 1.83 bits per heavy atom. The van der Waals surface area contributed by atoms with Crippen molar-refractivity contribution in [2.75, 3.05) is 0 Å². The van der Waals surface area contributed by atoms with Crippen molar-refractivity contribution >= 4 is 23.2 Å². The van der Waals surface area contributed by atoms with E-state index in [1.54, 1.807) is 13.0 Å². The number of aromatic nitrogens is 2. The molecule has 0 aliphatic heterocycles. The maximum Gasteiger partial charge on any atom is 0.242 e. The van der Waals surface area contributed by atoms with Crippen molar-refractivity contribution in [3.8, 4) is 11.6 Å². The van der Waals surface area contributed by atoms with Gasteiger partial charge in [0.05, 0.1) is 5.02 Å². The van der Waals surface area contributed by atoms with Crippen molar-refractivity contribution < 1.29 is 9.13 Å².